The van der Waals surface area contributed by atoms with Gasteiger partial charge in [-0.2, -0.15) is 0 Å². The summed E-state index contributed by atoms with van der Waals surface area (Å²) in [4.78, 5) is 21.5. The topological polar surface area (TPSA) is 41.4 Å². The molecule has 2 fully saturated rings. The van der Waals surface area contributed by atoms with Crippen molar-refractivity contribution in [3.05, 3.63) is 48.3 Å². The Morgan fingerprint density at radius 3 is 2.90 bits per heavy atom. The van der Waals surface area contributed by atoms with E-state index in [0.717, 1.165) is 50.4 Å². The van der Waals surface area contributed by atoms with Gasteiger partial charge >= 0.3 is 0 Å². The number of fused-ring (bicyclic) bond motifs is 1. The fraction of sp³-hybridized carbons (Fsp3) is 0.565. The molecule has 2 aliphatic rings. The molecule has 2 atom stereocenters. The monoisotopic (exact) mass is 398 g/mol. The van der Waals surface area contributed by atoms with Crippen molar-refractivity contribution in [2.45, 2.75) is 64.6 Å². The first kappa shape index (κ1) is 19.9. The molecule has 0 saturated carbocycles. The number of hydrogen-bond donors (Lipinski definition) is 0. The van der Waals surface area contributed by atoms with Gasteiger partial charge in [-0.15, -0.1) is 0 Å². The first-order chi connectivity index (χ1) is 13.8. The summed E-state index contributed by atoms with van der Waals surface area (Å²) in [6.07, 6.45) is 7.14. The van der Waals surface area contributed by atoms with Crippen LogP contribution >= 0.6 is 0 Å². The Kier molecular flexibility index (Phi) is 5.36. The van der Waals surface area contributed by atoms with Crippen LogP contribution in [0.1, 0.15) is 45.4 Å². The van der Waals surface area contributed by atoms with Gasteiger partial charge in [-0.05, 0) is 64.2 Å². The highest BCUT2D eigenvalue weighted by Gasteiger charge is 2.48. The van der Waals surface area contributed by atoms with Crippen LogP contribution in [0.5, 0.6) is 0 Å². The number of likely N-dealkylation sites (tertiary alicyclic amines) is 1. The van der Waals surface area contributed by atoms with E-state index in [4.69, 9.17) is 0 Å². The van der Waals surface area contributed by atoms with E-state index in [1.807, 2.05) is 24.1 Å². The quantitative estimate of drug-likeness (QED) is 0.764. The lowest BCUT2D eigenvalue weighted by Gasteiger charge is -2.42. The lowest BCUT2D eigenvalue weighted by atomic mass is 9.89. The molecule has 2 saturated heterocycles. The number of aromatic nitrogens is 2. The predicted octanol–water partition coefficient (Wildman–Crippen LogP) is 4.02. The number of imidazole rings is 1. The number of rotatable bonds is 5. The van der Waals surface area contributed by atoms with Crippen LogP contribution in [0.25, 0.3) is 0 Å². The predicted molar refractivity (Wildman–Crippen MR) is 112 cm³/mol. The van der Waals surface area contributed by atoms with Crippen LogP contribution in [0.2, 0.25) is 0 Å². The van der Waals surface area contributed by atoms with Crippen molar-refractivity contribution < 1.29 is 9.18 Å². The number of piperidine rings is 1. The van der Waals surface area contributed by atoms with E-state index in [1.165, 1.54) is 6.07 Å². The Balaban J connectivity index is 1.37. The van der Waals surface area contributed by atoms with E-state index in [-0.39, 0.29) is 17.3 Å². The van der Waals surface area contributed by atoms with Crippen molar-refractivity contribution in [3.8, 4) is 0 Å². The van der Waals surface area contributed by atoms with Crippen molar-refractivity contribution in [1.82, 2.24) is 14.5 Å². The van der Waals surface area contributed by atoms with Crippen LogP contribution in [0, 0.1) is 18.7 Å². The molecule has 2 aromatic rings. The number of anilines is 1. The Labute approximate surface area is 172 Å². The van der Waals surface area contributed by atoms with Crippen LogP contribution in [-0.2, 0) is 11.3 Å². The van der Waals surface area contributed by atoms with Gasteiger partial charge in [-0.3, -0.25) is 4.79 Å². The maximum absolute atomic E-state index is 13.8. The average molecular weight is 399 g/mol. The summed E-state index contributed by atoms with van der Waals surface area (Å²) in [5, 5.41) is 0. The molecule has 1 aromatic carbocycles. The summed E-state index contributed by atoms with van der Waals surface area (Å²) in [5.41, 5.74) is 0.916. The maximum Gasteiger partial charge on any atom is 0.222 e. The molecule has 6 heteroatoms. The molecule has 4 rings (SSSR count). The van der Waals surface area contributed by atoms with Crippen LogP contribution < -0.4 is 4.90 Å². The SMILES string of the molecule is Cc1nccn1CCCC(=O)N1CC[C@H]2[C@@H](C1)CC(C)(C)N2c1cccc(F)c1. The Hall–Kier alpha value is -2.37. The summed E-state index contributed by atoms with van der Waals surface area (Å²) in [6, 6.07) is 7.29. The molecule has 0 unspecified atom stereocenters. The Bertz CT molecular complexity index is 877. The molecule has 0 radical (unpaired) electrons. The van der Waals surface area contributed by atoms with Gasteiger partial charge in [0.15, 0.2) is 0 Å². The van der Waals surface area contributed by atoms with Gasteiger partial charge in [0, 0.05) is 55.7 Å². The highest BCUT2D eigenvalue weighted by molar-refractivity contribution is 5.76. The number of carbonyl (C=O) groups excluding carboxylic acids is 1. The molecule has 156 valence electrons. The van der Waals surface area contributed by atoms with Crippen LogP contribution in [0.4, 0.5) is 10.1 Å². The van der Waals surface area contributed by atoms with E-state index >= 15 is 0 Å². The smallest absolute Gasteiger partial charge is 0.222 e. The zero-order valence-electron chi connectivity index (χ0n) is 17.6. The number of amides is 1. The zero-order chi connectivity index (χ0) is 20.6. The summed E-state index contributed by atoms with van der Waals surface area (Å²) in [5.74, 6) is 1.48. The normalized spacial score (nSPS) is 23.3. The van der Waals surface area contributed by atoms with E-state index in [1.54, 1.807) is 18.3 Å². The molecule has 5 nitrogen and oxygen atoms in total. The minimum atomic E-state index is -0.192. The van der Waals surface area contributed by atoms with Crippen molar-refractivity contribution >= 4 is 11.6 Å². The van der Waals surface area contributed by atoms with Crippen molar-refractivity contribution in [3.63, 3.8) is 0 Å². The zero-order valence-corrected chi connectivity index (χ0v) is 17.6. The van der Waals surface area contributed by atoms with E-state index in [0.29, 0.717) is 18.4 Å². The summed E-state index contributed by atoms with van der Waals surface area (Å²) in [6.45, 7) is 8.87. The minimum absolute atomic E-state index is 0.0405. The molecule has 0 spiro atoms. The van der Waals surface area contributed by atoms with Gasteiger partial charge in [0.1, 0.15) is 11.6 Å². The molecule has 1 aromatic heterocycles. The second-order valence-electron chi connectivity index (χ2n) is 9.09. The Morgan fingerprint density at radius 1 is 1.34 bits per heavy atom. The molecule has 0 bridgehead atoms. The molecular formula is C23H31FN4O. The summed E-state index contributed by atoms with van der Waals surface area (Å²) >= 11 is 0. The van der Waals surface area contributed by atoms with Gasteiger partial charge < -0.3 is 14.4 Å². The first-order valence-corrected chi connectivity index (χ1v) is 10.7. The van der Waals surface area contributed by atoms with Crippen LogP contribution in [0.3, 0.4) is 0 Å². The Morgan fingerprint density at radius 2 is 2.17 bits per heavy atom. The largest absolute Gasteiger partial charge is 0.363 e. The van der Waals surface area contributed by atoms with E-state index in [2.05, 4.69) is 28.3 Å². The van der Waals surface area contributed by atoms with Crippen molar-refractivity contribution in [2.24, 2.45) is 5.92 Å². The molecule has 0 N–H and O–H groups in total. The second kappa shape index (κ2) is 7.81. The molecular weight excluding hydrogens is 367 g/mol. The lowest BCUT2D eigenvalue weighted by molar-refractivity contribution is -0.133. The fourth-order valence-electron chi connectivity index (χ4n) is 5.34. The van der Waals surface area contributed by atoms with Crippen molar-refractivity contribution in [2.75, 3.05) is 18.0 Å². The standard InChI is InChI=1S/C23H31FN4O/c1-17-25-10-13-26(17)11-5-8-22(29)27-12-9-21-18(16-27)15-23(2,3)28(21)20-7-4-6-19(24)14-20/h4,6-7,10,13-14,18,21H,5,8-9,11-12,15-16H2,1-3H3/t18-,21+/m1/s1. The third-order valence-electron chi connectivity index (χ3n) is 6.59. The molecule has 0 aliphatic carbocycles. The number of benzene rings is 1. The van der Waals surface area contributed by atoms with Gasteiger partial charge in [0.2, 0.25) is 5.91 Å². The highest BCUT2D eigenvalue weighted by Crippen LogP contribution is 2.44. The number of nitrogens with zero attached hydrogens (tertiary/aromatic N) is 4. The summed E-state index contributed by atoms with van der Waals surface area (Å²) < 4.78 is 15.9. The fourth-order valence-corrected chi connectivity index (χ4v) is 5.34. The van der Waals surface area contributed by atoms with Crippen LogP contribution in [0.15, 0.2) is 36.7 Å². The summed E-state index contributed by atoms with van der Waals surface area (Å²) in [7, 11) is 0. The minimum Gasteiger partial charge on any atom is -0.363 e. The van der Waals surface area contributed by atoms with Gasteiger partial charge in [0.05, 0.1) is 0 Å². The molecule has 29 heavy (non-hydrogen) atoms. The second-order valence-corrected chi connectivity index (χ2v) is 9.09. The van der Waals surface area contributed by atoms with E-state index in [9.17, 15) is 9.18 Å². The molecule has 1 amide bonds. The third-order valence-corrected chi connectivity index (χ3v) is 6.59. The number of carbonyl (C=O) groups is 1. The lowest BCUT2D eigenvalue weighted by Crippen LogP contribution is -2.50. The molecule has 3 heterocycles. The number of aryl methyl sites for hydroxylation is 2. The average Bonchev–Trinajstić information content (AvgIpc) is 3.19. The van der Waals surface area contributed by atoms with Gasteiger partial charge in [-0.1, -0.05) is 6.07 Å². The van der Waals surface area contributed by atoms with Gasteiger partial charge in [-0.25, -0.2) is 9.37 Å². The molecule has 2 aliphatic heterocycles. The highest BCUT2D eigenvalue weighted by atomic mass is 19.1. The van der Waals surface area contributed by atoms with Crippen LogP contribution in [-0.4, -0.2) is 45.0 Å². The maximum atomic E-state index is 13.8. The third kappa shape index (κ3) is 4.02. The number of hydrogen-bond acceptors (Lipinski definition) is 3. The van der Waals surface area contributed by atoms with Crippen molar-refractivity contribution in [1.29, 1.82) is 0 Å². The van der Waals surface area contributed by atoms with E-state index < -0.39 is 0 Å². The number of halogens is 1. The van der Waals surface area contributed by atoms with Gasteiger partial charge in [0.25, 0.3) is 0 Å². The first-order valence-electron chi connectivity index (χ1n) is 10.7.